The van der Waals surface area contributed by atoms with Crippen molar-refractivity contribution in [1.29, 1.82) is 0 Å². The second-order valence-electron chi connectivity index (χ2n) is 4.12. The van der Waals surface area contributed by atoms with Crippen LogP contribution in [0.4, 0.5) is 0 Å². The molecular weight excluding hydrogens is 222 g/mol. The lowest BCUT2D eigenvalue weighted by Gasteiger charge is -2.14. The van der Waals surface area contributed by atoms with E-state index >= 15 is 0 Å². The highest BCUT2D eigenvalue weighted by molar-refractivity contribution is 6.30. The fourth-order valence-corrected chi connectivity index (χ4v) is 1.59. The van der Waals surface area contributed by atoms with E-state index in [4.69, 9.17) is 11.6 Å². The van der Waals surface area contributed by atoms with Crippen molar-refractivity contribution >= 4 is 11.6 Å². The molecule has 1 aromatic rings. The Morgan fingerprint density at radius 2 is 1.94 bits per heavy atom. The van der Waals surface area contributed by atoms with Crippen molar-refractivity contribution in [3.63, 3.8) is 0 Å². The van der Waals surface area contributed by atoms with Gasteiger partial charge in [-0.05, 0) is 44.0 Å². The summed E-state index contributed by atoms with van der Waals surface area (Å²) in [4.78, 5) is 0. The van der Waals surface area contributed by atoms with Crippen LogP contribution in [0.2, 0.25) is 5.02 Å². The first-order valence-corrected chi connectivity index (χ1v) is 6.18. The van der Waals surface area contributed by atoms with E-state index in [2.05, 4.69) is 19.2 Å². The zero-order chi connectivity index (χ0) is 12.0. The lowest BCUT2D eigenvalue weighted by molar-refractivity contribution is 0.165. The smallest absolute Gasteiger partial charge is 0.0802 e. The van der Waals surface area contributed by atoms with Crippen LogP contribution < -0.4 is 5.32 Å². The summed E-state index contributed by atoms with van der Waals surface area (Å²) in [5.74, 6) is 0. The van der Waals surface area contributed by atoms with Gasteiger partial charge in [-0.2, -0.15) is 0 Å². The molecule has 2 unspecified atom stereocenters. The van der Waals surface area contributed by atoms with Crippen molar-refractivity contribution < 1.29 is 5.11 Å². The van der Waals surface area contributed by atoms with Crippen LogP contribution in [0.3, 0.4) is 0 Å². The fraction of sp³-hybridized carbons (Fsp3) is 0.538. The zero-order valence-corrected chi connectivity index (χ0v) is 10.7. The zero-order valence-electron chi connectivity index (χ0n) is 9.91. The molecule has 0 heterocycles. The van der Waals surface area contributed by atoms with E-state index in [1.807, 2.05) is 24.3 Å². The summed E-state index contributed by atoms with van der Waals surface area (Å²) in [6.45, 7) is 5.13. The third kappa shape index (κ3) is 4.52. The number of hydrogen-bond acceptors (Lipinski definition) is 2. The third-order valence-electron chi connectivity index (χ3n) is 2.78. The van der Waals surface area contributed by atoms with Crippen molar-refractivity contribution in [2.45, 2.75) is 38.8 Å². The van der Waals surface area contributed by atoms with Gasteiger partial charge in [0, 0.05) is 11.1 Å². The van der Waals surface area contributed by atoms with E-state index in [1.54, 1.807) is 0 Å². The van der Waals surface area contributed by atoms with Gasteiger partial charge in [0.25, 0.3) is 0 Å². The third-order valence-corrected chi connectivity index (χ3v) is 3.03. The Bertz CT molecular complexity index is 299. The topological polar surface area (TPSA) is 32.3 Å². The number of halogens is 1. The molecule has 0 saturated heterocycles. The van der Waals surface area contributed by atoms with Crippen LogP contribution in [0, 0.1) is 0 Å². The normalized spacial score (nSPS) is 14.8. The highest BCUT2D eigenvalue weighted by Gasteiger charge is 2.07. The molecule has 2 atom stereocenters. The van der Waals surface area contributed by atoms with Gasteiger partial charge in [0.05, 0.1) is 6.10 Å². The Kier molecular flexibility index (Phi) is 5.81. The van der Waals surface area contributed by atoms with Crippen LogP contribution in [0.25, 0.3) is 0 Å². The monoisotopic (exact) mass is 241 g/mol. The number of nitrogens with one attached hydrogen (secondary N) is 1. The van der Waals surface area contributed by atoms with Gasteiger partial charge >= 0.3 is 0 Å². The lowest BCUT2D eigenvalue weighted by atomic mass is 10.1. The van der Waals surface area contributed by atoms with Gasteiger partial charge in [0.2, 0.25) is 0 Å². The maximum absolute atomic E-state index is 9.91. The summed E-state index contributed by atoms with van der Waals surface area (Å²) in [6, 6.07) is 7.87. The maximum Gasteiger partial charge on any atom is 0.0802 e. The Balaban J connectivity index is 2.35. The van der Waals surface area contributed by atoms with Crippen LogP contribution in [0.1, 0.15) is 38.4 Å². The molecule has 16 heavy (non-hydrogen) atoms. The minimum Gasteiger partial charge on any atom is -0.388 e. The van der Waals surface area contributed by atoms with Crippen molar-refractivity contribution in [2.24, 2.45) is 0 Å². The molecule has 0 aliphatic carbocycles. The fourth-order valence-electron chi connectivity index (χ4n) is 1.46. The average Bonchev–Trinajstić information content (AvgIpc) is 2.29. The Hall–Kier alpha value is -0.570. The summed E-state index contributed by atoms with van der Waals surface area (Å²) in [5, 5.41) is 14.0. The summed E-state index contributed by atoms with van der Waals surface area (Å²) >= 11 is 5.79. The molecule has 90 valence electrons. The maximum atomic E-state index is 9.91. The van der Waals surface area contributed by atoms with E-state index in [1.165, 1.54) is 0 Å². The van der Waals surface area contributed by atoms with Crippen molar-refractivity contribution in [2.75, 3.05) is 6.54 Å². The first-order chi connectivity index (χ1) is 7.63. The van der Waals surface area contributed by atoms with Gasteiger partial charge in [0.1, 0.15) is 0 Å². The number of aliphatic hydroxyl groups excluding tert-OH is 1. The average molecular weight is 242 g/mol. The first kappa shape index (κ1) is 13.5. The van der Waals surface area contributed by atoms with Gasteiger partial charge in [-0.3, -0.25) is 0 Å². The highest BCUT2D eigenvalue weighted by Crippen LogP contribution is 2.18. The van der Waals surface area contributed by atoms with Crippen molar-refractivity contribution in [1.82, 2.24) is 5.32 Å². The van der Waals surface area contributed by atoms with Crippen LogP contribution in [0.15, 0.2) is 24.3 Å². The van der Waals surface area contributed by atoms with Crippen LogP contribution in [-0.2, 0) is 0 Å². The summed E-state index contributed by atoms with van der Waals surface area (Å²) < 4.78 is 0. The van der Waals surface area contributed by atoms with Gasteiger partial charge in [0.15, 0.2) is 0 Å². The molecule has 0 aromatic heterocycles. The van der Waals surface area contributed by atoms with Crippen molar-refractivity contribution in [3.8, 4) is 0 Å². The minimum atomic E-state index is -0.408. The van der Waals surface area contributed by atoms with Gasteiger partial charge < -0.3 is 10.4 Å². The second-order valence-corrected chi connectivity index (χ2v) is 4.56. The first-order valence-electron chi connectivity index (χ1n) is 5.80. The standard InChI is InChI=1S/C13H20ClNO/c1-3-10(2)15-9-8-13(16)11-4-6-12(14)7-5-11/h4-7,10,13,15-16H,3,8-9H2,1-2H3. The second kappa shape index (κ2) is 6.89. The predicted molar refractivity (Wildman–Crippen MR) is 68.8 cm³/mol. The molecule has 0 fully saturated rings. The number of benzene rings is 1. The van der Waals surface area contributed by atoms with E-state index in [9.17, 15) is 5.11 Å². The molecule has 0 spiro atoms. The Morgan fingerprint density at radius 3 is 2.50 bits per heavy atom. The molecular formula is C13H20ClNO. The SMILES string of the molecule is CCC(C)NCCC(O)c1ccc(Cl)cc1. The molecule has 3 heteroatoms. The molecule has 0 saturated carbocycles. The van der Waals surface area contributed by atoms with Gasteiger partial charge in [-0.15, -0.1) is 0 Å². The Labute approximate surface area is 103 Å². The number of hydrogen-bond donors (Lipinski definition) is 2. The molecule has 1 aromatic carbocycles. The quantitative estimate of drug-likeness (QED) is 0.802. The molecule has 0 radical (unpaired) electrons. The lowest BCUT2D eigenvalue weighted by Crippen LogP contribution is -2.27. The van der Waals surface area contributed by atoms with E-state index in [-0.39, 0.29) is 0 Å². The van der Waals surface area contributed by atoms with Gasteiger partial charge in [-0.1, -0.05) is 30.7 Å². The Morgan fingerprint density at radius 1 is 1.31 bits per heavy atom. The summed E-state index contributed by atoms with van der Waals surface area (Å²) in [7, 11) is 0. The highest BCUT2D eigenvalue weighted by atomic mass is 35.5. The van der Waals surface area contributed by atoms with E-state index < -0.39 is 6.10 Å². The molecule has 0 bridgehead atoms. The molecule has 0 aliphatic heterocycles. The van der Waals surface area contributed by atoms with Crippen LogP contribution in [0.5, 0.6) is 0 Å². The number of aliphatic hydroxyl groups is 1. The molecule has 2 nitrogen and oxygen atoms in total. The number of rotatable bonds is 6. The van der Waals surface area contributed by atoms with Crippen molar-refractivity contribution in [3.05, 3.63) is 34.9 Å². The molecule has 2 N–H and O–H groups in total. The van der Waals surface area contributed by atoms with Crippen LogP contribution >= 0.6 is 11.6 Å². The molecule has 0 aliphatic rings. The molecule has 0 amide bonds. The predicted octanol–water partition coefficient (Wildman–Crippen LogP) is 3.15. The van der Waals surface area contributed by atoms with Gasteiger partial charge in [-0.25, -0.2) is 0 Å². The van der Waals surface area contributed by atoms with E-state index in [0.717, 1.165) is 24.9 Å². The summed E-state index contributed by atoms with van der Waals surface area (Å²) in [5.41, 5.74) is 0.926. The largest absolute Gasteiger partial charge is 0.388 e. The summed E-state index contributed by atoms with van der Waals surface area (Å²) in [6.07, 6.45) is 1.43. The molecule has 1 rings (SSSR count). The minimum absolute atomic E-state index is 0.408. The van der Waals surface area contributed by atoms with E-state index in [0.29, 0.717) is 11.1 Å². The van der Waals surface area contributed by atoms with Crippen LogP contribution in [-0.4, -0.2) is 17.7 Å².